The van der Waals surface area contributed by atoms with Crippen LogP contribution in [0.25, 0.3) is 0 Å². The minimum absolute atomic E-state index is 0.601. The fourth-order valence-electron chi connectivity index (χ4n) is 3.40. The van der Waals surface area contributed by atoms with Crippen molar-refractivity contribution in [2.45, 2.75) is 19.3 Å². The summed E-state index contributed by atoms with van der Waals surface area (Å²) in [6, 6.07) is 11.4. The van der Waals surface area contributed by atoms with Crippen LogP contribution in [-0.2, 0) is 19.3 Å². The van der Waals surface area contributed by atoms with E-state index in [1.807, 2.05) is 18.2 Å². The van der Waals surface area contributed by atoms with Crippen molar-refractivity contribution in [1.82, 2.24) is 9.80 Å². The summed E-state index contributed by atoms with van der Waals surface area (Å²) in [5.41, 5.74) is 1.46. The van der Waals surface area contributed by atoms with Gasteiger partial charge < -0.3 is 9.47 Å². The first kappa shape index (κ1) is 20.5. The summed E-state index contributed by atoms with van der Waals surface area (Å²) in [5, 5.41) is 0. The molecule has 7 heteroatoms. The first-order chi connectivity index (χ1) is 13.4. The van der Waals surface area contributed by atoms with Crippen molar-refractivity contribution < 1.29 is 22.6 Å². The van der Waals surface area contributed by atoms with Gasteiger partial charge in [-0.15, -0.1) is 0 Å². The topological polar surface area (TPSA) is 24.9 Å². The maximum absolute atomic E-state index is 12.7. The van der Waals surface area contributed by atoms with Crippen molar-refractivity contribution >= 4 is 0 Å². The van der Waals surface area contributed by atoms with E-state index in [1.54, 1.807) is 26.4 Å². The van der Waals surface area contributed by atoms with Crippen molar-refractivity contribution in [3.63, 3.8) is 0 Å². The number of piperazine rings is 1. The minimum atomic E-state index is -4.28. The number of rotatable bonds is 6. The van der Waals surface area contributed by atoms with Gasteiger partial charge in [0.05, 0.1) is 19.8 Å². The van der Waals surface area contributed by atoms with E-state index in [4.69, 9.17) is 9.47 Å². The Balaban J connectivity index is 1.51. The molecule has 0 aliphatic carbocycles. The lowest BCUT2D eigenvalue weighted by Gasteiger charge is -2.34. The zero-order valence-corrected chi connectivity index (χ0v) is 16.1. The highest BCUT2D eigenvalue weighted by Gasteiger charge is 2.30. The number of hydrogen-bond acceptors (Lipinski definition) is 4. The molecule has 1 fully saturated rings. The van der Waals surface area contributed by atoms with Crippen LogP contribution in [0.3, 0.4) is 0 Å². The van der Waals surface area contributed by atoms with Gasteiger partial charge in [0.1, 0.15) is 0 Å². The van der Waals surface area contributed by atoms with Crippen LogP contribution in [0.1, 0.15) is 16.7 Å². The minimum Gasteiger partial charge on any atom is -0.493 e. The monoisotopic (exact) mass is 394 g/mol. The second kappa shape index (κ2) is 8.84. The van der Waals surface area contributed by atoms with Gasteiger partial charge in [-0.25, -0.2) is 0 Å². The Kier molecular flexibility index (Phi) is 6.46. The van der Waals surface area contributed by atoms with Gasteiger partial charge in [0, 0.05) is 39.3 Å². The van der Waals surface area contributed by atoms with E-state index >= 15 is 0 Å². The SMILES string of the molecule is COc1ccc(CN2CCN(Cc3ccc(C(F)(F)F)cc3)CC2)cc1OC. The Bertz CT molecular complexity index is 770. The smallest absolute Gasteiger partial charge is 0.416 e. The van der Waals surface area contributed by atoms with Gasteiger partial charge in [-0.3, -0.25) is 9.80 Å². The van der Waals surface area contributed by atoms with Crippen molar-refractivity contribution in [2.24, 2.45) is 0 Å². The predicted molar refractivity (Wildman–Crippen MR) is 102 cm³/mol. The molecule has 152 valence electrons. The molecule has 28 heavy (non-hydrogen) atoms. The predicted octanol–water partition coefficient (Wildman–Crippen LogP) is 4.04. The van der Waals surface area contributed by atoms with Gasteiger partial charge in [0.15, 0.2) is 11.5 Å². The number of benzene rings is 2. The molecule has 0 N–H and O–H groups in total. The third-order valence-corrected chi connectivity index (χ3v) is 5.01. The summed E-state index contributed by atoms with van der Waals surface area (Å²) in [7, 11) is 3.25. The molecule has 1 heterocycles. The van der Waals surface area contributed by atoms with Crippen LogP contribution in [0.15, 0.2) is 42.5 Å². The van der Waals surface area contributed by atoms with E-state index in [0.29, 0.717) is 12.3 Å². The molecule has 0 aromatic heterocycles. The molecule has 4 nitrogen and oxygen atoms in total. The fraction of sp³-hybridized carbons (Fsp3) is 0.429. The quantitative estimate of drug-likeness (QED) is 0.738. The average molecular weight is 394 g/mol. The van der Waals surface area contributed by atoms with Crippen LogP contribution in [0, 0.1) is 0 Å². The first-order valence-corrected chi connectivity index (χ1v) is 9.21. The molecule has 0 radical (unpaired) electrons. The average Bonchev–Trinajstić information content (AvgIpc) is 2.69. The van der Waals surface area contributed by atoms with Crippen LogP contribution >= 0.6 is 0 Å². The fourth-order valence-corrected chi connectivity index (χ4v) is 3.40. The number of nitrogens with zero attached hydrogens (tertiary/aromatic N) is 2. The second-order valence-electron chi connectivity index (χ2n) is 6.94. The number of methoxy groups -OCH3 is 2. The van der Waals surface area contributed by atoms with E-state index in [2.05, 4.69) is 9.80 Å². The zero-order valence-electron chi connectivity index (χ0n) is 16.1. The number of hydrogen-bond donors (Lipinski definition) is 0. The number of halogens is 3. The molecule has 0 bridgehead atoms. The van der Waals surface area contributed by atoms with E-state index < -0.39 is 11.7 Å². The maximum Gasteiger partial charge on any atom is 0.416 e. The molecule has 1 saturated heterocycles. The van der Waals surface area contributed by atoms with Crippen LogP contribution in [0.4, 0.5) is 13.2 Å². The van der Waals surface area contributed by atoms with Gasteiger partial charge in [-0.1, -0.05) is 18.2 Å². The maximum atomic E-state index is 12.7. The lowest BCUT2D eigenvalue weighted by atomic mass is 10.1. The summed E-state index contributed by atoms with van der Waals surface area (Å²) in [6.07, 6.45) is -4.28. The molecular formula is C21H25F3N2O2. The van der Waals surface area contributed by atoms with Gasteiger partial charge >= 0.3 is 6.18 Å². The van der Waals surface area contributed by atoms with E-state index in [9.17, 15) is 13.2 Å². The molecule has 0 amide bonds. The lowest BCUT2D eigenvalue weighted by molar-refractivity contribution is -0.137. The van der Waals surface area contributed by atoms with Crippen molar-refractivity contribution in [2.75, 3.05) is 40.4 Å². The lowest BCUT2D eigenvalue weighted by Crippen LogP contribution is -2.45. The van der Waals surface area contributed by atoms with Crippen molar-refractivity contribution in [1.29, 1.82) is 0 Å². The number of ether oxygens (including phenoxy) is 2. The van der Waals surface area contributed by atoms with Crippen molar-refractivity contribution in [3.05, 3.63) is 59.2 Å². The summed E-state index contributed by atoms with van der Waals surface area (Å²) in [5.74, 6) is 1.44. The Morgan fingerprint density at radius 3 is 1.75 bits per heavy atom. The van der Waals surface area contributed by atoms with Crippen LogP contribution in [0.5, 0.6) is 11.5 Å². The zero-order chi connectivity index (χ0) is 20.1. The highest BCUT2D eigenvalue weighted by Crippen LogP contribution is 2.30. The van der Waals surface area contributed by atoms with Gasteiger partial charge in [0.2, 0.25) is 0 Å². The summed E-state index contributed by atoms with van der Waals surface area (Å²) >= 11 is 0. The highest BCUT2D eigenvalue weighted by atomic mass is 19.4. The van der Waals surface area contributed by atoms with Crippen LogP contribution < -0.4 is 9.47 Å². The molecule has 0 atom stereocenters. The van der Waals surface area contributed by atoms with Gasteiger partial charge in [0.25, 0.3) is 0 Å². The first-order valence-electron chi connectivity index (χ1n) is 9.21. The molecule has 0 spiro atoms. The summed E-state index contributed by atoms with van der Waals surface area (Å²) < 4.78 is 48.6. The normalized spacial score (nSPS) is 16.2. The Labute approximate surface area is 163 Å². The molecule has 0 unspecified atom stereocenters. The second-order valence-corrected chi connectivity index (χ2v) is 6.94. The largest absolute Gasteiger partial charge is 0.493 e. The van der Waals surface area contributed by atoms with Crippen LogP contribution in [0.2, 0.25) is 0 Å². The highest BCUT2D eigenvalue weighted by molar-refractivity contribution is 5.42. The third kappa shape index (κ3) is 5.17. The van der Waals surface area contributed by atoms with E-state index in [1.165, 1.54) is 0 Å². The summed E-state index contributed by atoms with van der Waals surface area (Å²) in [6.45, 7) is 5.09. The van der Waals surface area contributed by atoms with Crippen molar-refractivity contribution in [3.8, 4) is 11.5 Å². The molecule has 1 aliphatic rings. The molecule has 2 aromatic rings. The standard InChI is InChI=1S/C21H25F3N2O2/c1-27-19-8-5-17(13-20(19)28-2)15-26-11-9-25(10-12-26)14-16-3-6-18(7-4-16)21(22,23)24/h3-8,13H,9-12,14-15H2,1-2H3. The molecule has 2 aromatic carbocycles. The molecule has 0 saturated carbocycles. The van der Waals surface area contributed by atoms with Gasteiger partial charge in [-0.05, 0) is 35.4 Å². The van der Waals surface area contributed by atoms with E-state index in [-0.39, 0.29) is 0 Å². The molecular weight excluding hydrogens is 369 g/mol. The van der Waals surface area contributed by atoms with Crippen LogP contribution in [-0.4, -0.2) is 50.2 Å². The summed E-state index contributed by atoms with van der Waals surface area (Å²) in [4.78, 5) is 4.64. The Hall–Kier alpha value is -2.25. The Morgan fingerprint density at radius 2 is 1.25 bits per heavy atom. The number of alkyl halides is 3. The third-order valence-electron chi connectivity index (χ3n) is 5.01. The van der Waals surface area contributed by atoms with E-state index in [0.717, 1.165) is 61.7 Å². The Morgan fingerprint density at radius 1 is 0.750 bits per heavy atom. The van der Waals surface area contributed by atoms with Gasteiger partial charge in [-0.2, -0.15) is 13.2 Å². The molecule has 1 aliphatic heterocycles. The molecule has 3 rings (SSSR count).